The summed E-state index contributed by atoms with van der Waals surface area (Å²) >= 11 is 3.50. The molecule has 0 fully saturated rings. The quantitative estimate of drug-likeness (QED) is 0.615. The van der Waals surface area contributed by atoms with Gasteiger partial charge in [-0.3, -0.25) is 0 Å². The Bertz CT molecular complexity index is 384. The molecule has 17 heavy (non-hydrogen) atoms. The van der Waals surface area contributed by atoms with Gasteiger partial charge in [-0.05, 0) is 46.6 Å². The van der Waals surface area contributed by atoms with Crippen LogP contribution in [0.4, 0.5) is 0 Å². The van der Waals surface area contributed by atoms with E-state index in [1.54, 1.807) is 0 Å². The molecule has 2 nitrogen and oxygen atoms in total. The second-order valence-electron chi connectivity index (χ2n) is 3.74. The molecule has 0 saturated carbocycles. The molecule has 0 aliphatic carbocycles. The van der Waals surface area contributed by atoms with E-state index in [0.717, 1.165) is 29.7 Å². The fourth-order valence-corrected chi connectivity index (χ4v) is 1.94. The van der Waals surface area contributed by atoms with Gasteiger partial charge in [-0.25, -0.2) is 0 Å². The van der Waals surface area contributed by atoms with E-state index in [4.69, 9.17) is 11.2 Å². The number of hydrogen-bond donors (Lipinski definition) is 1. The molecule has 0 aromatic heterocycles. The van der Waals surface area contributed by atoms with Crippen molar-refractivity contribution in [2.24, 2.45) is 0 Å². The second kappa shape index (κ2) is 8.16. The molecule has 0 bridgehead atoms. The summed E-state index contributed by atoms with van der Waals surface area (Å²) in [5.74, 6) is 3.40. The first-order valence-electron chi connectivity index (χ1n) is 5.83. The van der Waals surface area contributed by atoms with Gasteiger partial charge in [0.1, 0.15) is 5.75 Å². The van der Waals surface area contributed by atoms with Gasteiger partial charge in [0, 0.05) is 13.0 Å². The molecule has 0 aliphatic heterocycles. The summed E-state index contributed by atoms with van der Waals surface area (Å²) in [7, 11) is 0. The molecule has 1 aromatic carbocycles. The van der Waals surface area contributed by atoms with Gasteiger partial charge in [-0.2, -0.15) is 0 Å². The van der Waals surface area contributed by atoms with Crippen molar-refractivity contribution >= 4 is 15.9 Å². The van der Waals surface area contributed by atoms with E-state index >= 15 is 0 Å². The molecule has 0 spiro atoms. The highest BCUT2D eigenvalue weighted by atomic mass is 79.9. The summed E-state index contributed by atoms with van der Waals surface area (Å²) in [4.78, 5) is 0. The van der Waals surface area contributed by atoms with Crippen molar-refractivity contribution in [1.82, 2.24) is 5.32 Å². The predicted molar refractivity (Wildman–Crippen MR) is 75.1 cm³/mol. The van der Waals surface area contributed by atoms with E-state index in [2.05, 4.69) is 46.2 Å². The zero-order valence-electron chi connectivity index (χ0n) is 10.1. The molecular formula is C14H18BrNO. The Hall–Kier alpha value is -0.980. The number of hydrogen-bond acceptors (Lipinski definition) is 2. The van der Waals surface area contributed by atoms with Gasteiger partial charge in [0.05, 0.1) is 11.1 Å². The van der Waals surface area contributed by atoms with Crippen molar-refractivity contribution in [3.63, 3.8) is 0 Å². The zero-order valence-corrected chi connectivity index (χ0v) is 11.7. The summed E-state index contributed by atoms with van der Waals surface area (Å²) in [5.41, 5.74) is 1.25. The van der Waals surface area contributed by atoms with Gasteiger partial charge in [-0.1, -0.05) is 13.0 Å². The molecule has 0 amide bonds. The molecule has 3 heteroatoms. The standard InChI is InChI=1S/C14H18BrNO/c1-3-5-9-17-14-7-6-12(10-13(14)15)11-16-8-4-2/h1,6-7,10,16H,4-5,8-9,11H2,2H3. The van der Waals surface area contributed by atoms with Crippen molar-refractivity contribution < 1.29 is 4.74 Å². The highest BCUT2D eigenvalue weighted by Crippen LogP contribution is 2.26. The van der Waals surface area contributed by atoms with Crippen LogP contribution in [0, 0.1) is 12.3 Å². The summed E-state index contributed by atoms with van der Waals surface area (Å²) in [6.07, 6.45) is 6.95. The molecule has 1 rings (SSSR count). The van der Waals surface area contributed by atoms with Crippen LogP contribution >= 0.6 is 15.9 Å². The normalized spacial score (nSPS) is 9.94. The lowest BCUT2D eigenvalue weighted by atomic mass is 10.2. The van der Waals surface area contributed by atoms with Crippen molar-refractivity contribution in [3.05, 3.63) is 28.2 Å². The van der Waals surface area contributed by atoms with Crippen LogP contribution in [0.5, 0.6) is 5.75 Å². The first-order chi connectivity index (χ1) is 8.27. The number of rotatable bonds is 7. The van der Waals surface area contributed by atoms with Crippen LogP contribution in [-0.2, 0) is 6.54 Å². The van der Waals surface area contributed by atoms with Gasteiger partial charge < -0.3 is 10.1 Å². The van der Waals surface area contributed by atoms with Crippen LogP contribution in [0.3, 0.4) is 0 Å². The number of halogens is 1. The third kappa shape index (κ3) is 5.25. The van der Waals surface area contributed by atoms with Gasteiger partial charge in [0.2, 0.25) is 0 Å². The highest BCUT2D eigenvalue weighted by Gasteiger charge is 2.02. The Kier molecular flexibility index (Phi) is 6.76. The number of benzene rings is 1. The third-order valence-corrected chi connectivity index (χ3v) is 2.88. The topological polar surface area (TPSA) is 21.3 Å². The van der Waals surface area contributed by atoms with E-state index in [1.807, 2.05) is 6.07 Å². The van der Waals surface area contributed by atoms with Gasteiger partial charge >= 0.3 is 0 Å². The first-order valence-corrected chi connectivity index (χ1v) is 6.62. The molecule has 0 saturated heterocycles. The fraction of sp³-hybridized carbons (Fsp3) is 0.429. The monoisotopic (exact) mass is 295 g/mol. The van der Waals surface area contributed by atoms with Crippen LogP contribution in [0.25, 0.3) is 0 Å². The summed E-state index contributed by atoms with van der Waals surface area (Å²) in [6, 6.07) is 6.12. The van der Waals surface area contributed by atoms with Crippen LogP contribution < -0.4 is 10.1 Å². The summed E-state index contributed by atoms with van der Waals surface area (Å²) in [6.45, 7) is 4.64. The van der Waals surface area contributed by atoms with E-state index < -0.39 is 0 Å². The number of terminal acetylenes is 1. The molecule has 1 N–H and O–H groups in total. The van der Waals surface area contributed by atoms with E-state index in [9.17, 15) is 0 Å². The Morgan fingerprint density at radius 3 is 2.94 bits per heavy atom. The van der Waals surface area contributed by atoms with Crippen LogP contribution in [0.15, 0.2) is 22.7 Å². The van der Waals surface area contributed by atoms with Crippen LogP contribution in [0.2, 0.25) is 0 Å². The molecule has 0 aliphatic rings. The average Bonchev–Trinajstić information content (AvgIpc) is 2.32. The van der Waals surface area contributed by atoms with E-state index in [1.165, 1.54) is 5.56 Å². The minimum atomic E-state index is 0.558. The minimum absolute atomic E-state index is 0.558. The number of ether oxygens (including phenoxy) is 1. The lowest BCUT2D eigenvalue weighted by Gasteiger charge is -2.09. The molecule has 92 valence electrons. The second-order valence-corrected chi connectivity index (χ2v) is 4.60. The van der Waals surface area contributed by atoms with Crippen molar-refractivity contribution in [3.8, 4) is 18.1 Å². The van der Waals surface area contributed by atoms with Crippen molar-refractivity contribution in [2.45, 2.75) is 26.3 Å². The lowest BCUT2D eigenvalue weighted by Crippen LogP contribution is -2.13. The Labute approximate surface area is 112 Å². The lowest BCUT2D eigenvalue weighted by molar-refractivity contribution is 0.325. The Morgan fingerprint density at radius 2 is 2.29 bits per heavy atom. The smallest absolute Gasteiger partial charge is 0.133 e. The van der Waals surface area contributed by atoms with E-state index in [-0.39, 0.29) is 0 Å². The van der Waals surface area contributed by atoms with Gasteiger partial charge in [0.25, 0.3) is 0 Å². The maximum atomic E-state index is 5.55. The SMILES string of the molecule is C#CCCOc1ccc(CNCCC)cc1Br. The van der Waals surface area contributed by atoms with Crippen molar-refractivity contribution in [2.75, 3.05) is 13.2 Å². The molecule has 0 radical (unpaired) electrons. The molecule has 0 heterocycles. The van der Waals surface area contributed by atoms with E-state index in [0.29, 0.717) is 13.0 Å². The fourth-order valence-electron chi connectivity index (χ4n) is 1.40. The predicted octanol–water partition coefficient (Wildman–Crippen LogP) is 3.35. The Morgan fingerprint density at radius 1 is 1.47 bits per heavy atom. The van der Waals surface area contributed by atoms with Crippen LogP contribution in [-0.4, -0.2) is 13.2 Å². The summed E-state index contributed by atoms with van der Waals surface area (Å²) in [5, 5.41) is 3.36. The first kappa shape index (κ1) is 14.1. The summed E-state index contributed by atoms with van der Waals surface area (Å²) < 4.78 is 6.53. The maximum absolute atomic E-state index is 5.55. The maximum Gasteiger partial charge on any atom is 0.133 e. The average molecular weight is 296 g/mol. The molecule has 0 unspecified atom stereocenters. The molecular weight excluding hydrogens is 278 g/mol. The highest BCUT2D eigenvalue weighted by molar-refractivity contribution is 9.10. The number of nitrogens with one attached hydrogen (secondary N) is 1. The Balaban J connectivity index is 2.51. The zero-order chi connectivity index (χ0) is 12.5. The van der Waals surface area contributed by atoms with Gasteiger partial charge in [-0.15, -0.1) is 12.3 Å². The molecule has 1 aromatic rings. The minimum Gasteiger partial charge on any atom is -0.491 e. The van der Waals surface area contributed by atoms with Crippen molar-refractivity contribution in [1.29, 1.82) is 0 Å². The van der Waals surface area contributed by atoms with Crippen LogP contribution in [0.1, 0.15) is 25.3 Å². The molecule has 0 atom stereocenters. The van der Waals surface area contributed by atoms with Gasteiger partial charge in [0.15, 0.2) is 0 Å². The largest absolute Gasteiger partial charge is 0.491 e. The third-order valence-electron chi connectivity index (χ3n) is 2.26.